The molecule has 3 rings (SSSR count). The lowest BCUT2D eigenvalue weighted by atomic mass is 9.87. The predicted octanol–water partition coefficient (Wildman–Crippen LogP) is 2.48. The normalized spacial score (nSPS) is 22.4. The molecule has 0 aromatic carbocycles. The maximum atomic E-state index is 13.2. The smallest absolute Gasteiger partial charge is 0.237 e. The van der Waals surface area contributed by atoms with Gasteiger partial charge < -0.3 is 14.6 Å². The number of piperazine rings is 1. The largest absolute Gasteiger partial charge is 0.472 e. The molecule has 0 bridgehead atoms. The highest BCUT2D eigenvalue weighted by Crippen LogP contribution is 2.37. The molecule has 1 aromatic rings. The fourth-order valence-electron chi connectivity index (χ4n) is 4.44. The number of furan rings is 1. The standard InChI is InChI=1S/C21H29N3O3/c1-3-7-21(8-4-2)9-5-11-24(21)19(25)14-18-20(26)22-10-12-23(18)15-17-6-13-27-16-17/h3-4,6,13,16,18H,1-2,5,7-12,14-15H2,(H,22,26). The SMILES string of the molecule is C=CCC1(CC=C)CCCN1C(=O)CC1C(=O)NCCN1Cc1ccoc1. The summed E-state index contributed by atoms with van der Waals surface area (Å²) in [5.41, 5.74) is 0.775. The highest BCUT2D eigenvalue weighted by molar-refractivity contribution is 5.89. The van der Waals surface area contributed by atoms with Crippen LogP contribution in [0.2, 0.25) is 0 Å². The Labute approximate surface area is 160 Å². The van der Waals surface area contributed by atoms with Crippen LogP contribution < -0.4 is 5.32 Å². The summed E-state index contributed by atoms with van der Waals surface area (Å²) in [7, 11) is 0. The van der Waals surface area contributed by atoms with E-state index in [2.05, 4.69) is 23.4 Å². The van der Waals surface area contributed by atoms with Crippen LogP contribution >= 0.6 is 0 Å². The molecule has 6 nitrogen and oxygen atoms in total. The second kappa shape index (κ2) is 8.57. The topological polar surface area (TPSA) is 65.8 Å². The van der Waals surface area contributed by atoms with Gasteiger partial charge in [-0.1, -0.05) is 12.2 Å². The van der Waals surface area contributed by atoms with Crippen LogP contribution in [-0.2, 0) is 16.1 Å². The molecule has 2 fully saturated rings. The molecule has 2 aliphatic heterocycles. The van der Waals surface area contributed by atoms with Crippen LogP contribution in [0.1, 0.15) is 37.7 Å². The van der Waals surface area contributed by atoms with Gasteiger partial charge in [-0.15, -0.1) is 13.2 Å². The molecule has 1 N–H and O–H groups in total. The molecule has 1 atom stereocenters. The third kappa shape index (κ3) is 4.16. The predicted molar refractivity (Wildman–Crippen MR) is 104 cm³/mol. The lowest BCUT2D eigenvalue weighted by molar-refractivity contribution is -0.141. The second-order valence-electron chi connectivity index (χ2n) is 7.47. The number of nitrogens with one attached hydrogen (secondary N) is 1. The number of rotatable bonds is 8. The summed E-state index contributed by atoms with van der Waals surface area (Å²) in [6, 6.07) is 1.44. The maximum absolute atomic E-state index is 13.2. The van der Waals surface area contributed by atoms with Gasteiger partial charge in [-0.2, -0.15) is 0 Å². The van der Waals surface area contributed by atoms with E-state index in [9.17, 15) is 9.59 Å². The molecule has 2 amide bonds. The fraction of sp³-hybridized carbons (Fsp3) is 0.524. The van der Waals surface area contributed by atoms with Crippen molar-refractivity contribution in [2.75, 3.05) is 19.6 Å². The fourth-order valence-corrected chi connectivity index (χ4v) is 4.44. The van der Waals surface area contributed by atoms with Gasteiger partial charge in [0, 0.05) is 37.3 Å². The van der Waals surface area contributed by atoms with Gasteiger partial charge in [0.1, 0.15) is 0 Å². The van der Waals surface area contributed by atoms with E-state index in [0.717, 1.165) is 44.3 Å². The molecule has 6 heteroatoms. The van der Waals surface area contributed by atoms with Gasteiger partial charge >= 0.3 is 0 Å². The number of nitrogens with zero attached hydrogens (tertiary/aromatic N) is 2. The van der Waals surface area contributed by atoms with Crippen molar-refractivity contribution in [2.24, 2.45) is 0 Å². The first-order valence-corrected chi connectivity index (χ1v) is 9.65. The van der Waals surface area contributed by atoms with E-state index < -0.39 is 6.04 Å². The van der Waals surface area contributed by atoms with Gasteiger partial charge in [-0.3, -0.25) is 14.5 Å². The first kappa shape index (κ1) is 19.4. The number of hydrogen-bond donors (Lipinski definition) is 1. The Kier molecular flexibility index (Phi) is 6.16. The van der Waals surface area contributed by atoms with Crippen LogP contribution in [0, 0.1) is 0 Å². The summed E-state index contributed by atoms with van der Waals surface area (Å²) in [5, 5.41) is 2.90. The molecule has 0 radical (unpaired) electrons. The van der Waals surface area contributed by atoms with Gasteiger partial charge in [0.25, 0.3) is 0 Å². The quantitative estimate of drug-likeness (QED) is 0.713. The van der Waals surface area contributed by atoms with Crippen LogP contribution in [0.15, 0.2) is 48.3 Å². The molecule has 0 aliphatic carbocycles. The lowest BCUT2D eigenvalue weighted by Crippen LogP contribution is -2.57. The Morgan fingerprint density at radius 3 is 2.78 bits per heavy atom. The average Bonchev–Trinajstić information content (AvgIpc) is 3.29. The Hall–Kier alpha value is -2.34. The first-order valence-electron chi connectivity index (χ1n) is 9.65. The minimum Gasteiger partial charge on any atom is -0.472 e. The number of carbonyl (C=O) groups excluding carboxylic acids is 2. The monoisotopic (exact) mass is 371 g/mol. The molecule has 0 saturated carbocycles. The second-order valence-corrected chi connectivity index (χ2v) is 7.47. The lowest BCUT2D eigenvalue weighted by Gasteiger charge is -2.40. The van der Waals surface area contributed by atoms with Crippen molar-refractivity contribution in [1.29, 1.82) is 0 Å². The molecule has 1 unspecified atom stereocenters. The van der Waals surface area contributed by atoms with Crippen LogP contribution in [0.3, 0.4) is 0 Å². The third-order valence-corrected chi connectivity index (χ3v) is 5.72. The summed E-state index contributed by atoms with van der Waals surface area (Å²) < 4.78 is 5.14. The van der Waals surface area contributed by atoms with Crippen molar-refractivity contribution in [3.05, 3.63) is 49.5 Å². The average molecular weight is 371 g/mol. The minimum absolute atomic E-state index is 0.0374. The summed E-state index contributed by atoms with van der Waals surface area (Å²) in [5.74, 6) is -0.0363. The number of carbonyl (C=O) groups is 2. The van der Waals surface area contributed by atoms with Crippen molar-refractivity contribution >= 4 is 11.8 Å². The Balaban J connectivity index is 1.74. The Morgan fingerprint density at radius 1 is 1.33 bits per heavy atom. The molecule has 3 heterocycles. The van der Waals surface area contributed by atoms with Gasteiger partial charge in [-0.25, -0.2) is 0 Å². The van der Waals surface area contributed by atoms with Crippen molar-refractivity contribution in [1.82, 2.24) is 15.1 Å². The van der Waals surface area contributed by atoms with E-state index in [-0.39, 0.29) is 23.8 Å². The van der Waals surface area contributed by atoms with E-state index in [1.54, 1.807) is 12.5 Å². The van der Waals surface area contributed by atoms with E-state index in [1.165, 1.54) is 0 Å². The van der Waals surface area contributed by atoms with E-state index >= 15 is 0 Å². The summed E-state index contributed by atoms with van der Waals surface area (Å²) in [4.78, 5) is 29.8. The summed E-state index contributed by atoms with van der Waals surface area (Å²) in [6.45, 7) is 10.4. The van der Waals surface area contributed by atoms with E-state index in [1.807, 2.05) is 23.1 Å². The zero-order chi connectivity index (χ0) is 19.3. The summed E-state index contributed by atoms with van der Waals surface area (Å²) in [6.07, 6.45) is 10.7. The Bertz CT molecular complexity index is 673. The molecule has 2 saturated heterocycles. The molecule has 1 aromatic heterocycles. The van der Waals surface area contributed by atoms with Crippen molar-refractivity contribution in [2.45, 2.75) is 50.2 Å². The van der Waals surface area contributed by atoms with Crippen molar-refractivity contribution in [3.63, 3.8) is 0 Å². The maximum Gasteiger partial charge on any atom is 0.237 e. The number of hydrogen-bond acceptors (Lipinski definition) is 4. The third-order valence-electron chi connectivity index (χ3n) is 5.72. The zero-order valence-electron chi connectivity index (χ0n) is 15.9. The molecular formula is C21H29N3O3. The molecule has 146 valence electrons. The highest BCUT2D eigenvalue weighted by atomic mass is 16.3. The van der Waals surface area contributed by atoms with Crippen molar-refractivity contribution < 1.29 is 14.0 Å². The van der Waals surface area contributed by atoms with Crippen LogP contribution in [-0.4, -0.2) is 52.8 Å². The van der Waals surface area contributed by atoms with Gasteiger partial charge in [0.15, 0.2) is 0 Å². The zero-order valence-corrected chi connectivity index (χ0v) is 15.9. The number of likely N-dealkylation sites (tertiary alicyclic amines) is 1. The first-order chi connectivity index (χ1) is 13.1. The van der Waals surface area contributed by atoms with E-state index in [4.69, 9.17) is 4.42 Å². The molecule has 2 aliphatic rings. The van der Waals surface area contributed by atoms with Crippen LogP contribution in [0.5, 0.6) is 0 Å². The van der Waals surface area contributed by atoms with Gasteiger partial charge in [-0.05, 0) is 31.7 Å². The van der Waals surface area contributed by atoms with Crippen LogP contribution in [0.4, 0.5) is 0 Å². The van der Waals surface area contributed by atoms with E-state index in [0.29, 0.717) is 13.1 Å². The summed E-state index contributed by atoms with van der Waals surface area (Å²) >= 11 is 0. The van der Waals surface area contributed by atoms with Gasteiger partial charge in [0.05, 0.1) is 25.0 Å². The molecule has 0 spiro atoms. The van der Waals surface area contributed by atoms with Crippen molar-refractivity contribution in [3.8, 4) is 0 Å². The highest BCUT2D eigenvalue weighted by Gasteiger charge is 2.43. The molecular weight excluding hydrogens is 342 g/mol. The van der Waals surface area contributed by atoms with Gasteiger partial charge in [0.2, 0.25) is 11.8 Å². The number of amides is 2. The Morgan fingerprint density at radius 2 is 2.11 bits per heavy atom. The molecule has 27 heavy (non-hydrogen) atoms. The van der Waals surface area contributed by atoms with Crippen LogP contribution in [0.25, 0.3) is 0 Å². The minimum atomic E-state index is -0.452.